The lowest BCUT2D eigenvalue weighted by Gasteiger charge is -1.97. The van der Waals surface area contributed by atoms with E-state index in [-0.39, 0.29) is 11.8 Å². The van der Waals surface area contributed by atoms with Crippen molar-refractivity contribution in [2.75, 3.05) is 0 Å². The number of carboxylic acids is 1. The molecule has 0 aliphatic heterocycles. The number of carbonyl (C=O) groups is 1. The van der Waals surface area contributed by atoms with Gasteiger partial charge in [0.15, 0.2) is 5.58 Å². The maximum Gasteiger partial charge on any atom is 0.347 e. The van der Waals surface area contributed by atoms with Crippen LogP contribution in [0.25, 0.3) is 32.6 Å². The molecule has 4 aromatic rings. The lowest BCUT2D eigenvalue weighted by atomic mass is 10.1. The molecular weight excluding hydrogens is 316 g/mol. The molecule has 5 nitrogen and oxygen atoms in total. The molecular formula is C17H10O5S. The highest BCUT2D eigenvalue weighted by Gasteiger charge is 2.24. The smallest absolute Gasteiger partial charge is 0.347 e. The van der Waals surface area contributed by atoms with Gasteiger partial charge in [-0.05, 0) is 23.6 Å². The molecule has 0 aliphatic rings. The van der Waals surface area contributed by atoms with Crippen LogP contribution in [0, 0.1) is 0 Å². The van der Waals surface area contributed by atoms with Gasteiger partial charge in [-0.15, -0.1) is 11.3 Å². The van der Waals surface area contributed by atoms with Gasteiger partial charge >= 0.3 is 11.6 Å². The summed E-state index contributed by atoms with van der Waals surface area (Å²) in [5, 5.41) is 11.9. The molecule has 3 heterocycles. The van der Waals surface area contributed by atoms with Gasteiger partial charge in [0.05, 0.1) is 16.7 Å². The summed E-state index contributed by atoms with van der Waals surface area (Å²) in [6.45, 7) is 0. The first-order chi connectivity index (χ1) is 11.1. The van der Waals surface area contributed by atoms with Crippen LogP contribution >= 0.6 is 11.3 Å². The molecule has 6 heteroatoms. The number of carboxylic acid groups (broad SMARTS) is 1. The zero-order chi connectivity index (χ0) is 16.0. The van der Waals surface area contributed by atoms with Crippen molar-refractivity contribution in [3.8, 4) is 10.6 Å². The summed E-state index contributed by atoms with van der Waals surface area (Å²) >= 11 is 1.42. The van der Waals surface area contributed by atoms with Crippen molar-refractivity contribution < 1.29 is 18.7 Å². The van der Waals surface area contributed by atoms with Crippen LogP contribution in [0.5, 0.6) is 0 Å². The van der Waals surface area contributed by atoms with E-state index in [1.807, 2.05) is 23.6 Å². The van der Waals surface area contributed by atoms with Crippen molar-refractivity contribution >= 4 is 39.2 Å². The van der Waals surface area contributed by atoms with E-state index in [4.69, 9.17) is 8.83 Å². The molecule has 114 valence electrons. The third-order valence-corrected chi connectivity index (χ3v) is 4.49. The second kappa shape index (κ2) is 5.10. The van der Waals surface area contributed by atoms with Gasteiger partial charge in [-0.1, -0.05) is 18.2 Å². The topological polar surface area (TPSA) is 80.6 Å². The van der Waals surface area contributed by atoms with E-state index in [1.165, 1.54) is 11.3 Å². The third-order valence-electron chi connectivity index (χ3n) is 3.62. The number of fused-ring (bicyclic) bond motifs is 3. The van der Waals surface area contributed by atoms with Crippen LogP contribution in [-0.4, -0.2) is 11.1 Å². The van der Waals surface area contributed by atoms with Gasteiger partial charge in [0.25, 0.3) is 0 Å². The maximum atomic E-state index is 12.4. The van der Waals surface area contributed by atoms with E-state index in [0.29, 0.717) is 27.9 Å². The maximum absolute atomic E-state index is 12.4. The molecule has 0 unspecified atom stereocenters. The highest BCUT2D eigenvalue weighted by Crippen LogP contribution is 2.37. The molecule has 0 saturated carbocycles. The number of furan rings is 1. The van der Waals surface area contributed by atoms with Gasteiger partial charge < -0.3 is 13.9 Å². The van der Waals surface area contributed by atoms with Crippen molar-refractivity contribution in [1.82, 2.24) is 0 Å². The molecule has 1 aromatic carbocycles. The summed E-state index contributed by atoms with van der Waals surface area (Å²) in [6, 6.07) is 10.7. The SMILES string of the molecule is O=C(O)Cc1c(-c2cccs2)oc2c1c(=O)oc1ccccc12. The van der Waals surface area contributed by atoms with Gasteiger partial charge in [-0.25, -0.2) is 4.79 Å². The van der Waals surface area contributed by atoms with E-state index in [1.54, 1.807) is 18.2 Å². The van der Waals surface area contributed by atoms with E-state index < -0.39 is 11.6 Å². The van der Waals surface area contributed by atoms with E-state index in [9.17, 15) is 14.7 Å². The summed E-state index contributed by atoms with van der Waals surface area (Å²) in [5.41, 5.74) is 0.561. The van der Waals surface area contributed by atoms with Crippen molar-refractivity contribution in [3.63, 3.8) is 0 Å². The Kier molecular flexibility index (Phi) is 3.06. The largest absolute Gasteiger partial charge is 0.481 e. The zero-order valence-electron chi connectivity index (χ0n) is 11.7. The number of para-hydroxylation sites is 1. The van der Waals surface area contributed by atoms with Crippen LogP contribution in [0.4, 0.5) is 0 Å². The fourth-order valence-corrected chi connectivity index (χ4v) is 3.42. The first-order valence-electron chi connectivity index (χ1n) is 6.88. The lowest BCUT2D eigenvalue weighted by molar-refractivity contribution is -0.136. The van der Waals surface area contributed by atoms with Crippen LogP contribution < -0.4 is 5.63 Å². The van der Waals surface area contributed by atoms with Crippen LogP contribution in [0.15, 0.2) is 55.4 Å². The molecule has 23 heavy (non-hydrogen) atoms. The zero-order valence-corrected chi connectivity index (χ0v) is 12.6. The van der Waals surface area contributed by atoms with E-state index in [0.717, 1.165) is 4.88 Å². The fraction of sp³-hybridized carbons (Fsp3) is 0.0588. The van der Waals surface area contributed by atoms with Gasteiger partial charge in [0, 0.05) is 5.56 Å². The highest BCUT2D eigenvalue weighted by atomic mass is 32.1. The van der Waals surface area contributed by atoms with Crippen LogP contribution in [-0.2, 0) is 11.2 Å². The number of rotatable bonds is 3. The second-order valence-electron chi connectivity index (χ2n) is 5.05. The second-order valence-corrected chi connectivity index (χ2v) is 6.00. The van der Waals surface area contributed by atoms with Crippen molar-refractivity contribution in [2.45, 2.75) is 6.42 Å². The summed E-state index contributed by atoms with van der Waals surface area (Å²) in [6.07, 6.45) is -0.302. The van der Waals surface area contributed by atoms with E-state index >= 15 is 0 Å². The van der Waals surface area contributed by atoms with Gasteiger partial charge in [0.1, 0.15) is 16.7 Å². The van der Waals surface area contributed by atoms with Crippen LogP contribution in [0.1, 0.15) is 5.56 Å². The van der Waals surface area contributed by atoms with Gasteiger partial charge in [-0.3, -0.25) is 4.79 Å². The number of aliphatic carboxylic acids is 1. The third kappa shape index (κ3) is 2.15. The lowest BCUT2D eigenvalue weighted by Crippen LogP contribution is -2.05. The molecule has 3 aromatic heterocycles. The Morgan fingerprint density at radius 3 is 2.70 bits per heavy atom. The predicted octanol–water partition coefficient (Wildman–Crippen LogP) is 3.89. The standard InChI is InChI=1S/C17H10O5S/c18-13(19)8-10-14-16(22-15(10)12-6-3-7-23-12)9-4-1-2-5-11(9)21-17(14)20/h1-7H,8H2,(H,18,19). The Labute approximate surface area is 133 Å². The van der Waals surface area contributed by atoms with Crippen LogP contribution in [0.2, 0.25) is 0 Å². The average molecular weight is 326 g/mol. The van der Waals surface area contributed by atoms with Crippen molar-refractivity contribution in [3.05, 3.63) is 57.8 Å². The average Bonchev–Trinajstić information content (AvgIpc) is 3.15. The minimum absolute atomic E-state index is 0.203. The Morgan fingerprint density at radius 1 is 1.13 bits per heavy atom. The normalized spacial score (nSPS) is 11.3. The molecule has 0 fully saturated rings. The summed E-state index contributed by atoms with van der Waals surface area (Å²) in [5.74, 6) is -0.612. The molecule has 0 saturated heterocycles. The Morgan fingerprint density at radius 2 is 1.96 bits per heavy atom. The fourth-order valence-electron chi connectivity index (χ4n) is 2.69. The first-order valence-corrected chi connectivity index (χ1v) is 7.76. The van der Waals surface area contributed by atoms with Crippen molar-refractivity contribution in [1.29, 1.82) is 0 Å². The van der Waals surface area contributed by atoms with Crippen molar-refractivity contribution in [2.24, 2.45) is 0 Å². The molecule has 0 amide bonds. The Hall–Kier alpha value is -2.86. The number of benzene rings is 1. The number of thiophene rings is 1. The Balaban J connectivity index is 2.17. The molecule has 0 atom stereocenters. The monoisotopic (exact) mass is 326 g/mol. The van der Waals surface area contributed by atoms with Gasteiger partial charge in [0.2, 0.25) is 0 Å². The summed E-state index contributed by atoms with van der Waals surface area (Å²) in [7, 11) is 0. The molecule has 4 rings (SSSR count). The minimum atomic E-state index is -1.03. The Bertz CT molecular complexity index is 1090. The molecule has 0 radical (unpaired) electrons. The predicted molar refractivity (Wildman–Crippen MR) is 86.9 cm³/mol. The minimum Gasteiger partial charge on any atom is -0.481 e. The quantitative estimate of drug-likeness (QED) is 0.578. The first kappa shape index (κ1) is 13.8. The summed E-state index contributed by atoms with van der Waals surface area (Å²) < 4.78 is 11.2. The summed E-state index contributed by atoms with van der Waals surface area (Å²) in [4.78, 5) is 24.4. The van der Waals surface area contributed by atoms with E-state index in [2.05, 4.69) is 0 Å². The van der Waals surface area contributed by atoms with Gasteiger partial charge in [-0.2, -0.15) is 0 Å². The molecule has 0 aliphatic carbocycles. The molecule has 0 bridgehead atoms. The number of hydrogen-bond acceptors (Lipinski definition) is 5. The van der Waals surface area contributed by atoms with Crippen LogP contribution in [0.3, 0.4) is 0 Å². The number of hydrogen-bond donors (Lipinski definition) is 1. The molecule has 1 N–H and O–H groups in total. The highest BCUT2D eigenvalue weighted by molar-refractivity contribution is 7.13. The molecule has 0 spiro atoms.